The van der Waals surface area contributed by atoms with Crippen molar-refractivity contribution < 1.29 is 9.21 Å². The molecule has 27 heavy (non-hydrogen) atoms. The van der Waals surface area contributed by atoms with E-state index in [0.29, 0.717) is 30.7 Å². The van der Waals surface area contributed by atoms with E-state index in [1.54, 1.807) is 0 Å². The number of hydrogen-bond acceptors (Lipinski definition) is 4. The number of carbonyl (C=O) groups excluding carboxylic acids is 1. The van der Waals surface area contributed by atoms with Crippen molar-refractivity contribution in [3.05, 3.63) is 60.7 Å². The summed E-state index contributed by atoms with van der Waals surface area (Å²) in [5, 5.41) is 8.19. The van der Waals surface area contributed by atoms with Crippen molar-refractivity contribution >= 4 is 5.91 Å². The van der Waals surface area contributed by atoms with E-state index in [1.165, 1.54) is 0 Å². The molecule has 4 rings (SSSR count). The van der Waals surface area contributed by atoms with Crippen LogP contribution in [0.5, 0.6) is 0 Å². The number of aryl methyl sites for hydroxylation is 1. The van der Waals surface area contributed by atoms with Crippen LogP contribution in [0.4, 0.5) is 0 Å². The van der Waals surface area contributed by atoms with Gasteiger partial charge in [-0.2, -0.15) is 0 Å². The first-order valence-electron chi connectivity index (χ1n) is 9.57. The summed E-state index contributed by atoms with van der Waals surface area (Å²) in [4.78, 5) is 14.4. The smallest absolute Gasteiger partial charge is 0.247 e. The second-order valence-electron chi connectivity index (χ2n) is 6.96. The molecule has 0 atom stereocenters. The van der Waals surface area contributed by atoms with Crippen LogP contribution in [0.3, 0.4) is 0 Å². The molecule has 1 aromatic carbocycles. The summed E-state index contributed by atoms with van der Waals surface area (Å²) >= 11 is 0. The zero-order valence-electron chi connectivity index (χ0n) is 15.3. The monoisotopic (exact) mass is 364 g/mol. The number of piperidine rings is 1. The van der Waals surface area contributed by atoms with Crippen LogP contribution in [-0.4, -0.2) is 38.7 Å². The van der Waals surface area contributed by atoms with Gasteiger partial charge in [0.25, 0.3) is 0 Å². The van der Waals surface area contributed by atoms with Gasteiger partial charge < -0.3 is 13.9 Å². The molecule has 1 saturated heterocycles. The minimum Gasteiger partial charge on any atom is -0.421 e. The first-order chi connectivity index (χ1) is 13.3. The Morgan fingerprint density at radius 1 is 1.04 bits per heavy atom. The predicted octanol–water partition coefficient (Wildman–Crippen LogP) is 3.72. The molecule has 2 aromatic heterocycles. The summed E-state index contributed by atoms with van der Waals surface area (Å²) in [5.41, 5.74) is 0.915. The highest BCUT2D eigenvalue weighted by atomic mass is 16.4. The van der Waals surface area contributed by atoms with Crippen LogP contribution >= 0.6 is 0 Å². The van der Waals surface area contributed by atoms with Gasteiger partial charge in [-0.25, -0.2) is 0 Å². The van der Waals surface area contributed by atoms with E-state index >= 15 is 0 Å². The molecule has 0 bridgehead atoms. The Bertz CT molecular complexity index is 849. The fourth-order valence-corrected chi connectivity index (χ4v) is 3.61. The molecule has 1 aliphatic rings. The van der Waals surface area contributed by atoms with Gasteiger partial charge in [-0.05, 0) is 43.5 Å². The number of hydrogen-bond donors (Lipinski definition) is 0. The van der Waals surface area contributed by atoms with Gasteiger partial charge in [0.15, 0.2) is 0 Å². The molecule has 3 aromatic rings. The summed E-state index contributed by atoms with van der Waals surface area (Å²) in [6.45, 7) is 1.67. The third-order valence-electron chi connectivity index (χ3n) is 5.14. The molecule has 6 heteroatoms. The third-order valence-corrected chi connectivity index (χ3v) is 5.14. The van der Waals surface area contributed by atoms with Crippen LogP contribution in [0.25, 0.3) is 11.5 Å². The van der Waals surface area contributed by atoms with Gasteiger partial charge in [-0.15, -0.1) is 10.2 Å². The van der Waals surface area contributed by atoms with Crippen LogP contribution in [0, 0.1) is 0 Å². The maximum atomic E-state index is 12.5. The Morgan fingerprint density at radius 2 is 1.78 bits per heavy atom. The van der Waals surface area contributed by atoms with Gasteiger partial charge in [0.1, 0.15) is 0 Å². The first-order valence-corrected chi connectivity index (χ1v) is 9.57. The molecule has 0 saturated carbocycles. The summed E-state index contributed by atoms with van der Waals surface area (Å²) < 4.78 is 7.95. The van der Waals surface area contributed by atoms with Gasteiger partial charge in [0.2, 0.25) is 17.7 Å². The quantitative estimate of drug-likeness (QED) is 0.669. The van der Waals surface area contributed by atoms with E-state index < -0.39 is 0 Å². The molecule has 1 aliphatic heterocycles. The van der Waals surface area contributed by atoms with Crippen LogP contribution in [0.1, 0.15) is 37.6 Å². The van der Waals surface area contributed by atoms with Gasteiger partial charge in [0.05, 0.1) is 0 Å². The van der Waals surface area contributed by atoms with E-state index in [-0.39, 0.29) is 5.91 Å². The maximum Gasteiger partial charge on any atom is 0.247 e. The Kier molecular flexibility index (Phi) is 5.32. The summed E-state index contributed by atoms with van der Waals surface area (Å²) in [7, 11) is 0. The van der Waals surface area contributed by atoms with Crippen molar-refractivity contribution in [1.82, 2.24) is 19.7 Å². The number of amides is 1. The second-order valence-corrected chi connectivity index (χ2v) is 6.96. The van der Waals surface area contributed by atoms with Crippen molar-refractivity contribution in [2.24, 2.45) is 0 Å². The van der Waals surface area contributed by atoms with E-state index in [4.69, 9.17) is 4.42 Å². The summed E-state index contributed by atoms with van der Waals surface area (Å²) in [5.74, 6) is 1.35. The van der Waals surface area contributed by atoms with E-state index in [2.05, 4.69) is 39.3 Å². The zero-order valence-corrected chi connectivity index (χ0v) is 15.3. The van der Waals surface area contributed by atoms with Crippen LogP contribution < -0.4 is 0 Å². The highest BCUT2D eigenvalue weighted by molar-refractivity contribution is 5.76. The van der Waals surface area contributed by atoms with Crippen LogP contribution in [0.2, 0.25) is 0 Å². The Hall–Kier alpha value is -2.89. The van der Waals surface area contributed by atoms with Crippen molar-refractivity contribution in [3.63, 3.8) is 0 Å². The lowest BCUT2D eigenvalue weighted by Gasteiger charge is -2.32. The van der Waals surface area contributed by atoms with E-state index in [0.717, 1.165) is 37.9 Å². The van der Waals surface area contributed by atoms with Crippen LogP contribution in [0.15, 0.2) is 59.3 Å². The molecule has 0 radical (unpaired) electrons. The fraction of sp³-hybridized carbons (Fsp3) is 0.381. The summed E-state index contributed by atoms with van der Waals surface area (Å²) in [6, 6.07) is 14.3. The SMILES string of the molecule is O=C(CCCc1nnc(-c2ccccc2)o1)N1CCC(n2cccc2)CC1. The molecular weight excluding hydrogens is 340 g/mol. The largest absolute Gasteiger partial charge is 0.421 e. The molecule has 0 unspecified atom stereocenters. The number of nitrogens with zero attached hydrogens (tertiary/aromatic N) is 4. The molecule has 6 nitrogen and oxygen atoms in total. The molecule has 1 fully saturated rings. The highest BCUT2D eigenvalue weighted by Crippen LogP contribution is 2.23. The molecule has 3 heterocycles. The summed E-state index contributed by atoms with van der Waals surface area (Å²) in [6.07, 6.45) is 8.14. The lowest BCUT2D eigenvalue weighted by atomic mass is 10.0. The number of aromatic nitrogens is 3. The number of rotatable bonds is 6. The Morgan fingerprint density at radius 3 is 2.52 bits per heavy atom. The minimum atomic E-state index is 0.226. The Balaban J connectivity index is 1.22. The Labute approximate surface area is 158 Å². The van der Waals surface area contributed by atoms with Gasteiger partial charge >= 0.3 is 0 Å². The number of benzene rings is 1. The molecule has 0 N–H and O–H groups in total. The van der Waals surface area contributed by atoms with Crippen molar-refractivity contribution in [3.8, 4) is 11.5 Å². The normalized spacial score (nSPS) is 15.2. The molecule has 1 amide bonds. The molecular formula is C21H24N4O2. The number of carbonyl (C=O) groups is 1. The maximum absolute atomic E-state index is 12.5. The lowest BCUT2D eigenvalue weighted by molar-refractivity contribution is -0.132. The zero-order chi connectivity index (χ0) is 18.5. The highest BCUT2D eigenvalue weighted by Gasteiger charge is 2.23. The number of likely N-dealkylation sites (tertiary alicyclic amines) is 1. The lowest BCUT2D eigenvalue weighted by Crippen LogP contribution is -2.38. The topological polar surface area (TPSA) is 64.2 Å². The van der Waals surface area contributed by atoms with Gasteiger partial charge in [0, 0.05) is 49.9 Å². The van der Waals surface area contributed by atoms with Gasteiger partial charge in [-0.3, -0.25) is 4.79 Å². The molecule has 0 aliphatic carbocycles. The predicted molar refractivity (Wildman–Crippen MR) is 102 cm³/mol. The molecule has 140 valence electrons. The van der Waals surface area contributed by atoms with E-state index in [9.17, 15) is 4.79 Å². The standard InChI is InChI=1S/C21H24N4O2/c26-20(25-15-11-18(12-16-25)24-13-4-5-14-24)10-6-9-19-22-23-21(27-19)17-7-2-1-3-8-17/h1-5,7-8,13-14,18H,6,9-12,15-16H2. The second kappa shape index (κ2) is 8.20. The third kappa shape index (κ3) is 4.27. The first kappa shape index (κ1) is 17.5. The van der Waals surface area contributed by atoms with Crippen molar-refractivity contribution in [2.75, 3.05) is 13.1 Å². The average molecular weight is 364 g/mol. The van der Waals surface area contributed by atoms with Gasteiger partial charge in [-0.1, -0.05) is 18.2 Å². The van der Waals surface area contributed by atoms with Crippen molar-refractivity contribution in [2.45, 2.75) is 38.1 Å². The van der Waals surface area contributed by atoms with E-state index in [1.807, 2.05) is 35.2 Å². The minimum absolute atomic E-state index is 0.226. The average Bonchev–Trinajstić information content (AvgIpc) is 3.41. The van der Waals surface area contributed by atoms with Crippen molar-refractivity contribution in [1.29, 1.82) is 0 Å². The fourth-order valence-electron chi connectivity index (χ4n) is 3.61. The van der Waals surface area contributed by atoms with Crippen LogP contribution in [-0.2, 0) is 11.2 Å². The molecule has 0 spiro atoms.